The van der Waals surface area contributed by atoms with Gasteiger partial charge in [-0.2, -0.15) is 0 Å². The first-order chi connectivity index (χ1) is 15.9. The topological polar surface area (TPSA) is 74.6 Å². The van der Waals surface area contributed by atoms with E-state index in [1.54, 1.807) is 42.5 Å². The van der Waals surface area contributed by atoms with Crippen molar-refractivity contribution in [2.24, 2.45) is 0 Å². The van der Waals surface area contributed by atoms with E-state index in [0.29, 0.717) is 33.7 Å². The molecule has 5 rings (SSSR count). The minimum atomic E-state index is -4.01. The summed E-state index contributed by atoms with van der Waals surface area (Å²) in [6.07, 6.45) is 2.94. The molecule has 166 valence electrons. The van der Waals surface area contributed by atoms with Crippen molar-refractivity contribution in [1.82, 2.24) is 3.97 Å². The molecule has 4 aromatic rings. The predicted octanol–water partition coefficient (Wildman–Crippen LogP) is 5.18. The number of aryl methyl sites for hydroxylation is 1. The number of allylic oxidation sites excluding steroid dienone is 1. The number of ether oxygens (including phenoxy) is 2. The van der Waals surface area contributed by atoms with E-state index < -0.39 is 10.0 Å². The Balaban J connectivity index is 1.92. The van der Waals surface area contributed by atoms with Gasteiger partial charge in [-0.15, -0.1) is 0 Å². The van der Waals surface area contributed by atoms with E-state index in [2.05, 4.69) is 0 Å². The van der Waals surface area contributed by atoms with Crippen LogP contribution in [0.25, 0.3) is 28.1 Å². The zero-order valence-corrected chi connectivity index (χ0v) is 18.9. The predicted molar refractivity (Wildman–Crippen MR) is 127 cm³/mol. The number of hydrogen-bond acceptors (Lipinski definition) is 5. The molecule has 1 aromatic heterocycles. The highest BCUT2D eigenvalue weighted by atomic mass is 32.2. The standard InChI is InChI=1S/C26H21NO5S/c1-17-8-11-20(12-9-17)33(29,30)27-22(13-10-18(2)28)26(19-6-4-3-5-7-19)21-14-24-25(15-23(21)27)32-16-31-24/h3-15H,16H2,1-2H3/b13-10+. The summed E-state index contributed by atoms with van der Waals surface area (Å²) in [5, 5.41) is 0.685. The van der Waals surface area contributed by atoms with E-state index in [1.807, 2.05) is 37.3 Å². The van der Waals surface area contributed by atoms with E-state index in [0.717, 1.165) is 11.1 Å². The van der Waals surface area contributed by atoms with Gasteiger partial charge in [0.1, 0.15) is 0 Å². The fourth-order valence-electron chi connectivity index (χ4n) is 4.00. The Morgan fingerprint density at radius 1 is 0.970 bits per heavy atom. The maximum atomic E-state index is 13.9. The van der Waals surface area contributed by atoms with E-state index in [-0.39, 0.29) is 17.5 Å². The number of benzene rings is 3. The highest BCUT2D eigenvalue weighted by Crippen LogP contribution is 2.44. The molecule has 7 heteroatoms. The fourth-order valence-corrected chi connectivity index (χ4v) is 5.51. The van der Waals surface area contributed by atoms with Crippen molar-refractivity contribution in [1.29, 1.82) is 0 Å². The van der Waals surface area contributed by atoms with Gasteiger partial charge in [0.05, 0.1) is 16.1 Å². The quantitative estimate of drug-likeness (QED) is 0.384. The second kappa shape index (κ2) is 7.94. The van der Waals surface area contributed by atoms with Gasteiger partial charge in [0.25, 0.3) is 10.0 Å². The number of hydrogen-bond donors (Lipinski definition) is 0. The lowest BCUT2D eigenvalue weighted by Crippen LogP contribution is -2.14. The maximum Gasteiger partial charge on any atom is 0.268 e. The van der Waals surface area contributed by atoms with Crippen LogP contribution < -0.4 is 9.47 Å². The monoisotopic (exact) mass is 459 g/mol. The van der Waals surface area contributed by atoms with Gasteiger partial charge in [0, 0.05) is 17.0 Å². The Labute approximate surface area is 191 Å². The largest absolute Gasteiger partial charge is 0.454 e. The number of ketones is 1. The van der Waals surface area contributed by atoms with Crippen molar-refractivity contribution in [3.05, 3.63) is 84.1 Å². The summed E-state index contributed by atoms with van der Waals surface area (Å²) in [6.45, 7) is 3.40. The van der Waals surface area contributed by atoms with Crippen LogP contribution in [0.3, 0.4) is 0 Å². The average molecular weight is 460 g/mol. The third-order valence-corrected chi connectivity index (χ3v) is 7.29. The Kier molecular flexibility index (Phi) is 5.06. The van der Waals surface area contributed by atoms with Crippen LogP contribution in [-0.4, -0.2) is 25.0 Å². The van der Waals surface area contributed by atoms with Crippen LogP contribution in [0.1, 0.15) is 18.2 Å². The van der Waals surface area contributed by atoms with Crippen LogP contribution in [0, 0.1) is 6.92 Å². The van der Waals surface area contributed by atoms with Crippen molar-refractivity contribution >= 4 is 32.8 Å². The summed E-state index contributed by atoms with van der Waals surface area (Å²) in [7, 11) is -4.01. The van der Waals surface area contributed by atoms with Crippen LogP contribution in [0.5, 0.6) is 11.5 Å². The van der Waals surface area contributed by atoms with Gasteiger partial charge in [-0.25, -0.2) is 12.4 Å². The molecule has 6 nitrogen and oxygen atoms in total. The summed E-state index contributed by atoms with van der Waals surface area (Å²) in [5.41, 5.74) is 3.30. The Hall–Kier alpha value is -3.84. The van der Waals surface area contributed by atoms with Crippen LogP contribution >= 0.6 is 0 Å². The lowest BCUT2D eigenvalue weighted by Gasteiger charge is -2.12. The van der Waals surface area contributed by atoms with Crippen LogP contribution in [0.15, 0.2) is 77.7 Å². The molecule has 1 aliphatic heterocycles. The number of rotatable bonds is 5. The number of nitrogens with zero attached hydrogens (tertiary/aromatic N) is 1. The molecule has 0 fully saturated rings. The number of aromatic nitrogens is 1. The van der Waals surface area contributed by atoms with Gasteiger partial charge in [-0.05, 0) is 49.8 Å². The first-order valence-corrected chi connectivity index (χ1v) is 11.8. The summed E-state index contributed by atoms with van der Waals surface area (Å²) in [5.74, 6) is 0.835. The Morgan fingerprint density at radius 2 is 1.64 bits per heavy atom. The van der Waals surface area contributed by atoms with Crippen molar-refractivity contribution in [3.63, 3.8) is 0 Å². The molecule has 0 aliphatic carbocycles. The molecular formula is C26H21NO5S. The summed E-state index contributed by atoms with van der Waals surface area (Å²) >= 11 is 0. The van der Waals surface area contributed by atoms with Crippen molar-refractivity contribution in [2.75, 3.05) is 6.79 Å². The first-order valence-electron chi connectivity index (χ1n) is 10.4. The smallest absolute Gasteiger partial charge is 0.268 e. The lowest BCUT2D eigenvalue weighted by atomic mass is 10.0. The Morgan fingerprint density at radius 3 is 2.30 bits per heavy atom. The number of fused-ring (bicyclic) bond motifs is 2. The van der Waals surface area contributed by atoms with E-state index in [1.165, 1.54) is 17.0 Å². The van der Waals surface area contributed by atoms with Crippen LogP contribution in [0.4, 0.5) is 0 Å². The molecule has 0 N–H and O–H groups in total. The summed E-state index contributed by atoms with van der Waals surface area (Å²) in [6, 6.07) is 19.7. The fraction of sp³-hybridized carbons (Fsp3) is 0.115. The molecular weight excluding hydrogens is 438 g/mol. The van der Waals surface area contributed by atoms with Crippen molar-refractivity contribution in [3.8, 4) is 22.6 Å². The van der Waals surface area contributed by atoms with E-state index in [9.17, 15) is 13.2 Å². The molecule has 33 heavy (non-hydrogen) atoms. The molecule has 0 bridgehead atoms. The number of carbonyl (C=O) groups excluding carboxylic acids is 1. The lowest BCUT2D eigenvalue weighted by molar-refractivity contribution is -0.112. The van der Waals surface area contributed by atoms with Crippen molar-refractivity contribution in [2.45, 2.75) is 18.7 Å². The Bertz CT molecular complexity index is 1510. The number of carbonyl (C=O) groups is 1. The summed E-state index contributed by atoms with van der Waals surface area (Å²) in [4.78, 5) is 12.0. The molecule has 3 aromatic carbocycles. The van der Waals surface area contributed by atoms with Gasteiger partial charge in [0.15, 0.2) is 17.3 Å². The molecule has 0 radical (unpaired) electrons. The molecule has 1 aliphatic rings. The highest BCUT2D eigenvalue weighted by Gasteiger charge is 2.29. The van der Waals surface area contributed by atoms with Crippen LogP contribution in [-0.2, 0) is 14.8 Å². The zero-order chi connectivity index (χ0) is 23.2. The third kappa shape index (κ3) is 3.60. The zero-order valence-electron chi connectivity index (χ0n) is 18.1. The first kappa shape index (κ1) is 21.0. The molecule has 0 unspecified atom stereocenters. The highest BCUT2D eigenvalue weighted by molar-refractivity contribution is 7.90. The van der Waals surface area contributed by atoms with Gasteiger partial charge in [0.2, 0.25) is 6.79 Å². The van der Waals surface area contributed by atoms with E-state index >= 15 is 0 Å². The molecule has 0 amide bonds. The van der Waals surface area contributed by atoms with Gasteiger partial charge >= 0.3 is 0 Å². The molecule has 2 heterocycles. The van der Waals surface area contributed by atoms with Gasteiger partial charge in [-0.3, -0.25) is 4.79 Å². The summed E-state index contributed by atoms with van der Waals surface area (Å²) < 4.78 is 40.3. The minimum Gasteiger partial charge on any atom is -0.454 e. The minimum absolute atomic E-state index is 0.0738. The van der Waals surface area contributed by atoms with E-state index in [4.69, 9.17) is 9.47 Å². The van der Waals surface area contributed by atoms with Gasteiger partial charge < -0.3 is 9.47 Å². The average Bonchev–Trinajstić information content (AvgIpc) is 3.38. The van der Waals surface area contributed by atoms with Crippen molar-refractivity contribution < 1.29 is 22.7 Å². The molecule has 0 spiro atoms. The second-order valence-corrected chi connectivity index (χ2v) is 9.66. The normalized spacial score (nSPS) is 13.2. The molecule has 0 atom stereocenters. The van der Waals surface area contributed by atoms with Crippen LogP contribution in [0.2, 0.25) is 0 Å². The SMILES string of the molecule is CC(=O)/C=C/c1c(-c2ccccc2)c2cc3c(cc2n1S(=O)(=O)c1ccc(C)cc1)OCO3. The molecule has 0 saturated carbocycles. The van der Waals surface area contributed by atoms with Gasteiger partial charge in [-0.1, -0.05) is 48.0 Å². The molecule has 0 saturated heterocycles. The third-order valence-electron chi connectivity index (χ3n) is 5.55. The second-order valence-electron chi connectivity index (χ2n) is 7.88. The maximum absolute atomic E-state index is 13.9.